The molecule has 0 radical (unpaired) electrons. The molecule has 0 fully saturated rings. The molecule has 1 amide bonds. The summed E-state index contributed by atoms with van der Waals surface area (Å²) in [5.41, 5.74) is 1.53. The first-order chi connectivity index (χ1) is 11.4. The van der Waals surface area contributed by atoms with E-state index in [4.69, 9.17) is 4.74 Å². The minimum absolute atomic E-state index is 0.176. The van der Waals surface area contributed by atoms with Crippen LogP contribution < -0.4 is 10.1 Å². The van der Waals surface area contributed by atoms with Crippen molar-refractivity contribution >= 4 is 21.6 Å². The Kier molecular flexibility index (Phi) is 4.29. The third-order valence-corrected chi connectivity index (χ3v) is 5.67. The van der Waals surface area contributed by atoms with Gasteiger partial charge in [0.15, 0.2) is 6.10 Å². The number of carbonyl (C=O) groups excluding carboxylic acids is 1. The van der Waals surface area contributed by atoms with Gasteiger partial charge in [-0.15, -0.1) is 0 Å². The molecule has 0 aromatic heterocycles. The van der Waals surface area contributed by atoms with Gasteiger partial charge in [0.2, 0.25) is 10.0 Å². The normalized spacial score (nSPS) is 16.5. The average molecular weight is 346 g/mol. The second kappa shape index (κ2) is 6.26. The lowest BCUT2D eigenvalue weighted by Crippen LogP contribution is -2.31. The summed E-state index contributed by atoms with van der Waals surface area (Å²) in [6, 6.07) is 13.6. The first-order valence-corrected chi connectivity index (χ1v) is 8.90. The Labute approximate surface area is 141 Å². The van der Waals surface area contributed by atoms with Crippen LogP contribution in [0.3, 0.4) is 0 Å². The Hall–Kier alpha value is -2.38. The summed E-state index contributed by atoms with van der Waals surface area (Å²) in [4.78, 5) is 12.5. The van der Waals surface area contributed by atoms with E-state index in [0.717, 1.165) is 15.6 Å². The van der Waals surface area contributed by atoms with Crippen LogP contribution in [0.5, 0.6) is 5.75 Å². The van der Waals surface area contributed by atoms with Crippen LogP contribution >= 0.6 is 0 Å². The Morgan fingerprint density at radius 1 is 1.12 bits per heavy atom. The Morgan fingerprint density at radius 3 is 2.42 bits per heavy atom. The fourth-order valence-corrected chi connectivity index (χ4v) is 3.37. The van der Waals surface area contributed by atoms with E-state index < -0.39 is 16.1 Å². The molecule has 2 aromatic carbocycles. The third-order valence-electron chi connectivity index (χ3n) is 3.84. The summed E-state index contributed by atoms with van der Waals surface area (Å²) in [6.45, 7) is 0. The number of nitrogens with zero attached hydrogens (tertiary/aromatic N) is 1. The van der Waals surface area contributed by atoms with Gasteiger partial charge in [-0.2, -0.15) is 0 Å². The molecule has 1 aliphatic heterocycles. The third kappa shape index (κ3) is 3.13. The molecule has 1 N–H and O–H groups in total. The van der Waals surface area contributed by atoms with Crippen LogP contribution in [0, 0.1) is 0 Å². The van der Waals surface area contributed by atoms with Crippen LogP contribution in [0.4, 0.5) is 5.69 Å². The molecule has 24 heavy (non-hydrogen) atoms. The van der Waals surface area contributed by atoms with Gasteiger partial charge in [-0.1, -0.05) is 18.2 Å². The van der Waals surface area contributed by atoms with Gasteiger partial charge < -0.3 is 10.1 Å². The van der Waals surface area contributed by atoms with Crippen LogP contribution in [-0.4, -0.2) is 38.8 Å². The molecule has 126 valence electrons. The number of hydrogen-bond donors (Lipinski definition) is 1. The van der Waals surface area contributed by atoms with Crippen molar-refractivity contribution in [1.82, 2.24) is 4.31 Å². The Balaban J connectivity index is 1.68. The number of para-hydroxylation sites is 1. The highest BCUT2D eigenvalue weighted by atomic mass is 32.2. The maximum Gasteiger partial charge on any atom is 0.265 e. The van der Waals surface area contributed by atoms with Gasteiger partial charge in [-0.05, 0) is 35.9 Å². The van der Waals surface area contributed by atoms with E-state index in [1.807, 2.05) is 24.3 Å². The number of fused-ring (bicyclic) bond motifs is 1. The first-order valence-electron chi connectivity index (χ1n) is 7.46. The first kappa shape index (κ1) is 16.5. The number of benzene rings is 2. The number of sulfonamides is 1. The van der Waals surface area contributed by atoms with Gasteiger partial charge in [-0.3, -0.25) is 4.79 Å². The molecule has 2 aromatic rings. The van der Waals surface area contributed by atoms with Crippen LogP contribution in [0.1, 0.15) is 5.56 Å². The number of nitrogens with one attached hydrogen (secondary N) is 1. The molecule has 1 heterocycles. The van der Waals surface area contributed by atoms with Crippen molar-refractivity contribution in [2.75, 3.05) is 19.4 Å². The van der Waals surface area contributed by atoms with Crippen molar-refractivity contribution in [3.63, 3.8) is 0 Å². The minimum Gasteiger partial charge on any atom is -0.480 e. The smallest absolute Gasteiger partial charge is 0.265 e. The zero-order valence-corrected chi connectivity index (χ0v) is 14.2. The maximum atomic E-state index is 12.3. The van der Waals surface area contributed by atoms with Crippen molar-refractivity contribution < 1.29 is 17.9 Å². The lowest BCUT2D eigenvalue weighted by molar-refractivity contribution is -0.122. The molecule has 0 spiro atoms. The largest absolute Gasteiger partial charge is 0.480 e. The molecule has 0 bridgehead atoms. The SMILES string of the molecule is CN(C)S(=O)(=O)c1ccc(NC(=O)[C@H]2Cc3ccccc3O2)cc1. The zero-order chi connectivity index (χ0) is 17.3. The predicted octanol–water partition coefficient (Wildman–Crippen LogP) is 1.88. The van der Waals surface area contributed by atoms with Crippen molar-refractivity contribution in [3.8, 4) is 5.75 Å². The van der Waals surface area contributed by atoms with Crippen molar-refractivity contribution in [2.24, 2.45) is 0 Å². The van der Waals surface area contributed by atoms with Gasteiger partial charge in [0.1, 0.15) is 5.75 Å². The molecule has 0 saturated heterocycles. The van der Waals surface area contributed by atoms with E-state index in [-0.39, 0.29) is 10.8 Å². The van der Waals surface area contributed by atoms with Gasteiger partial charge >= 0.3 is 0 Å². The van der Waals surface area contributed by atoms with Gasteiger partial charge in [0, 0.05) is 26.2 Å². The monoisotopic (exact) mass is 346 g/mol. The minimum atomic E-state index is -3.48. The molecular weight excluding hydrogens is 328 g/mol. The topological polar surface area (TPSA) is 75.7 Å². The summed E-state index contributed by atoms with van der Waals surface area (Å²) < 4.78 is 30.8. The number of carbonyl (C=O) groups is 1. The van der Waals surface area contributed by atoms with Crippen molar-refractivity contribution in [3.05, 3.63) is 54.1 Å². The van der Waals surface area contributed by atoms with Gasteiger partial charge in [-0.25, -0.2) is 12.7 Å². The van der Waals surface area contributed by atoms with Gasteiger partial charge in [0.05, 0.1) is 4.90 Å². The van der Waals surface area contributed by atoms with E-state index >= 15 is 0 Å². The number of anilines is 1. The molecular formula is C17H18N2O4S. The quantitative estimate of drug-likeness (QED) is 0.917. The number of rotatable bonds is 4. The number of amides is 1. The van der Waals surface area contributed by atoms with Crippen LogP contribution in [0.2, 0.25) is 0 Å². The van der Waals surface area contributed by atoms with E-state index in [1.54, 1.807) is 12.1 Å². The Morgan fingerprint density at radius 2 is 1.79 bits per heavy atom. The molecule has 1 aliphatic rings. The standard InChI is InChI=1S/C17H18N2O4S/c1-19(2)24(21,22)14-9-7-13(8-10-14)18-17(20)16-11-12-5-3-4-6-15(12)23-16/h3-10,16H,11H2,1-2H3,(H,18,20)/t16-/m1/s1. The van der Waals surface area contributed by atoms with Gasteiger partial charge in [0.25, 0.3) is 5.91 Å². The van der Waals surface area contributed by atoms with E-state index in [1.165, 1.54) is 26.2 Å². The zero-order valence-electron chi connectivity index (χ0n) is 13.4. The molecule has 0 aliphatic carbocycles. The molecule has 7 heteroatoms. The fraction of sp³-hybridized carbons (Fsp3) is 0.235. The summed E-state index contributed by atoms with van der Waals surface area (Å²) in [5.74, 6) is 0.472. The van der Waals surface area contributed by atoms with E-state index in [9.17, 15) is 13.2 Å². The molecule has 6 nitrogen and oxygen atoms in total. The highest BCUT2D eigenvalue weighted by molar-refractivity contribution is 7.89. The second-order valence-electron chi connectivity index (χ2n) is 5.72. The highest BCUT2D eigenvalue weighted by Gasteiger charge is 2.28. The molecule has 0 unspecified atom stereocenters. The fourth-order valence-electron chi connectivity index (χ4n) is 2.47. The molecule has 1 atom stereocenters. The second-order valence-corrected chi connectivity index (χ2v) is 7.87. The van der Waals surface area contributed by atoms with Crippen LogP contribution in [0.25, 0.3) is 0 Å². The molecule has 3 rings (SSSR count). The lowest BCUT2D eigenvalue weighted by Gasteiger charge is -2.13. The highest BCUT2D eigenvalue weighted by Crippen LogP contribution is 2.28. The number of ether oxygens (including phenoxy) is 1. The molecule has 0 saturated carbocycles. The van der Waals surface area contributed by atoms with Crippen molar-refractivity contribution in [2.45, 2.75) is 17.4 Å². The Bertz CT molecular complexity index is 835. The summed E-state index contributed by atoms with van der Waals surface area (Å²) in [7, 11) is -0.533. The average Bonchev–Trinajstić information content (AvgIpc) is 2.99. The number of hydrogen-bond acceptors (Lipinski definition) is 4. The predicted molar refractivity (Wildman–Crippen MR) is 90.5 cm³/mol. The maximum absolute atomic E-state index is 12.3. The van der Waals surface area contributed by atoms with Crippen LogP contribution in [-0.2, 0) is 21.2 Å². The summed E-state index contributed by atoms with van der Waals surface area (Å²) in [6.07, 6.45) is -0.0534. The lowest BCUT2D eigenvalue weighted by atomic mass is 10.1. The van der Waals surface area contributed by atoms with Crippen molar-refractivity contribution in [1.29, 1.82) is 0 Å². The van der Waals surface area contributed by atoms with E-state index in [2.05, 4.69) is 5.32 Å². The van der Waals surface area contributed by atoms with E-state index in [0.29, 0.717) is 12.1 Å². The van der Waals surface area contributed by atoms with Crippen LogP contribution in [0.15, 0.2) is 53.4 Å². The summed E-state index contributed by atoms with van der Waals surface area (Å²) in [5, 5.41) is 2.75. The summed E-state index contributed by atoms with van der Waals surface area (Å²) >= 11 is 0.